The Labute approximate surface area is 102 Å². The fourth-order valence-electron chi connectivity index (χ4n) is 1.88. The third-order valence-electron chi connectivity index (χ3n) is 3.09. The zero-order chi connectivity index (χ0) is 12.8. The van der Waals surface area contributed by atoms with E-state index in [0.29, 0.717) is 6.61 Å². The van der Waals surface area contributed by atoms with Gasteiger partial charge in [-0.15, -0.1) is 0 Å². The van der Waals surface area contributed by atoms with Crippen LogP contribution in [-0.4, -0.2) is 52.6 Å². The summed E-state index contributed by atoms with van der Waals surface area (Å²) in [6.07, 6.45) is -0.525. The molecular weight excluding hydrogens is 224 g/mol. The average molecular weight is 248 g/mol. The highest BCUT2D eigenvalue weighted by molar-refractivity contribution is 4.87. The van der Waals surface area contributed by atoms with E-state index in [1.165, 1.54) is 0 Å². The monoisotopic (exact) mass is 248 g/mol. The molecule has 0 aliphatic carbocycles. The van der Waals surface area contributed by atoms with Crippen molar-refractivity contribution in [3.8, 4) is 0 Å². The third kappa shape index (κ3) is 4.19. The standard InChI is InChI=1S/C12H24O5/c1-3-4-5-6-7-16-12-11(15)10(14)9(13)8(2)17-12/h8-15H,3-7H2,1-2H3/t8-,9+,10+,11-,12-/m1/s1. The fourth-order valence-corrected chi connectivity index (χ4v) is 1.88. The molecule has 5 nitrogen and oxygen atoms in total. The molecule has 1 fully saturated rings. The van der Waals surface area contributed by atoms with Crippen LogP contribution < -0.4 is 0 Å². The minimum atomic E-state index is -1.21. The van der Waals surface area contributed by atoms with Crippen molar-refractivity contribution in [3.63, 3.8) is 0 Å². The maximum absolute atomic E-state index is 9.67. The normalized spacial score (nSPS) is 38.3. The van der Waals surface area contributed by atoms with Crippen molar-refractivity contribution in [1.82, 2.24) is 0 Å². The average Bonchev–Trinajstić information content (AvgIpc) is 2.32. The Morgan fingerprint density at radius 2 is 1.71 bits per heavy atom. The number of ether oxygens (including phenoxy) is 2. The number of unbranched alkanes of at least 4 members (excludes halogenated alkanes) is 3. The molecule has 102 valence electrons. The summed E-state index contributed by atoms with van der Waals surface area (Å²) in [5, 5.41) is 28.7. The van der Waals surface area contributed by atoms with Crippen molar-refractivity contribution in [2.45, 2.75) is 70.2 Å². The minimum Gasteiger partial charge on any atom is -0.388 e. The molecule has 0 amide bonds. The Bertz CT molecular complexity index is 211. The van der Waals surface area contributed by atoms with Crippen LogP contribution in [-0.2, 0) is 9.47 Å². The van der Waals surface area contributed by atoms with E-state index in [2.05, 4.69) is 6.92 Å². The first-order valence-corrected chi connectivity index (χ1v) is 6.39. The number of aliphatic hydroxyl groups excluding tert-OH is 3. The molecule has 0 spiro atoms. The molecule has 1 rings (SSSR count). The molecule has 1 aliphatic rings. The van der Waals surface area contributed by atoms with E-state index in [1.54, 1.807) is 6.92 Å². The quantitative estimate of drug-likeness (QED) is 0.593. The molecule has 1 aliphatic heterocycles. The highest BCUT2D eigenvalue weighted by atomic mass is 16.7. The number of rotatable bonds is 6. The maximum atomic E-state index is 9.67. The second-order valence-electron chi connectivity index (χ2n) is 4.61. The largest absolute Gasteiger partial charge is 0.388 e. The molecule has 1 saturated heterocycles. The van der Waals surface area contributed by atoms with Crippen LogP contribution in [0.3, 0.4) is 0 Å². The van der Waals surface area contributed by atoms with Crippen LogP contribution in [0.1, 0.15) is 39.5 Å². The second-order valence-corrected chi connectivity index (χ2v) is 4.61. The summed E-state index contributed by atoms with van der Waals surface area (Å²) < 4.78 is 10.7. The smallest absolute Gasteiger partial charge is 0.186 e. The summed E-state index contributed by atoms with van der Waals surface area (Å²) in [7, 11) is 0. The van der Waals surface area contributed by atoms with Crippen LogP contribution in [0.25, 0.3) is 0 Å². The van der Waals surface area contributed by atoms with Gasteiger partial charge in [0, 0.05) is 6.61 Å². The molecule has 0 bridgehead atoms. The molecule has 0 radical (unpaired) electrons. The van der Waals surface area contributed by atoms with Crippen LogP contribution in [0, 0.1) is 0 Å². The van der Waals surface area contributed by atoms with Crippen molar-refractivity contribution in [3.05, 3.63) is 0 Å². The lowest BCUT2D eigenvalue weighted by Gasteiger charge is -2.38. The van der Waals surface area contributed by atoms with E-state index < -0.39 is 30.7 Å². The predicted molar refractivity (Wildman–Crippen MR) is 62.4 cm³/mol. The summed E-state index contributed by atoms with van der Waals surface area (Å²) in [6.45, 7) is 4.28. The van der Waals surface area contributed by atoms with E-state index in [0.717, 1.165) is 25.7 Å². The van der Waals surface area contributed by atoms with Gasteiger partial charge in [0.2, 0.25) is 0 Å². The first-order valence-electron chi connectivity index (χ1n) is 6.39. The third-order valence-corrected chi connectivity index (χ3v) is 3.09. The highest BCUT2D eigenvalue weighted by Gasteiger charge is 2.42. The van der Waals surface area contributed by atoms with Gasteiger partial charge in [0.15, 0.2) is 6.29 Å². The van der Waals surface area contributed by atoms with Gasteiger partial charge in [0.25, 0.3) is 0 Å². The van der Waals surface area contributed by atoms with E-state index in [1.807, 2.05) is 0 Å². The summed E-state index contributed by atoms with van der Waals surface area (Å²) in [5.74, 6) is 0. The van der Waals surface area contributed by atoms with Gasteiger partial charge in [-0.05, 0) is 13.3 Å². The van der Waals surface area contributed by atoms with Crippen LogP contribution in [0.2, 0.25) is 0 Å². The highest BCUT2D eigenvalue weighted by Crippen LogP contribution is 2.21. The minimum absolute atomic E-state index is 0.497. The molecule has 1 heterocycles. The van der Waals surface area contributed by atoms with Crippen LogP contribution in [0.4, 0.5) is 0 Å². The van der Waals surface area contributed by atoms with E-state index in [-0.39, 0.29) is 0 Å². The molecule has 0 unspecified atom stereocenters. The first-order chi connectivity index (χ1) is 8.07. The van der Waals surface area contributed by atoms with Crippen LogP contribution in [0.15, 0.2) is 0 Å². The molecule has 0 saturated carbocycles. The summed E-state index contributed by atoms with van der Waals surface area (Å²) in [4.78, 5) is 0. The number of aliphatic hydroxyl groups is 3. The van der Waals surface area contributed by atoms with Gasteiger partial charge < -0.3 is 24.8 Å². The number of hydrogen-bond donors (Lipinski definition) is 3. The lowest BCUT2D eigenvalue weighted by Crippen LogP contribution is -2.57. The van der Waals surface area contributed by atoms with Gasteiger partial charge in [0.05, 0.1) is 6.10 Å². The zero-order valence-electron chi connectivity index (χ0n) is 10.6. The van der Waals surface area contributed by atoms with Gasteiger partial charge in [-0.3, -0.25) is 0 Å². The molecular formula is C12H24O5. The lowest BCUT2D eigenvalue weighted by atomic mass is 10.0. The van der Waals surface area contributed by atoms with Crippen molar-refractivity contribution in [2.24, 2.45) is 0 Å². The van der Waals surface area contributed by atoms with Gasteiger partial charge in [-0.1, -0.05) is 26.2 Å². The molecule has 0 aromatic carbocycles. The fraction of sp³-hybridized carbons (Fsp3) is 1.00. The zero-order valence-corrected chi connectivity index (χ0v) is 10.6. The molecule has 5 heteroatoms. The van der Waals surface area contributed by atoms with Crippen LogP contribution >= 0.6 is 0 Å². The number of hydrogen-bond acceptors (Lipinski definition) is 5. The van der Waals surface area contributed by atoms with Gasteiger partial charge in [-0.25, -0.2) is 0 Å². The summed E-state index contributed by atoms with van der Waals surface area (Å²) in [5.41, 5.74) is 0. The van der Waals surface area contributed by atoms with E-state index >= 15 is 0 Å². The van der Waals surface area contributed by atoms with Crippen molar-refractivity contribution < 1.29 is 24.8 Å². The molecule has 0 aromatic heterocycles. The topological polar surface area (TPSA) is 79.2 Å². The summed E-state index contributed by atoms with van der Waals surface area (Å²) in [6, 6.07) is 0. The van der Waals surface area contributed by atoms with Gasteiger partial charge in [0.1, 0.15) is 18.3 Å². The maximum Gasteiger partial charge on any atom is 0.186 e. The first kappa shape index (κ1) is 14.9. The second kappa shape index (κ2) is 7.28. The lowest BCUT2D eigenvalue weighted by molar-refractivity contribution is -0.293. The Kier molecular flexibility index (Phi) is 6.37. The van der Waals surface area contributed by atoms with Crippen molar-refractivity contribution in [2.75, 3.05) is 6.61 Å². The van der Waals surface area contributed by atoms with Crippen LogP contribution in [0.5, 0.6) is 0 Å². The molecule has 17 heavy (non-hydrogen) atoms. The summed E-state index contributed by atoms with van der Waals surface area (Å²) >= 11 is 0. The van der Waals surface area contributed by atoms with Gasteiger partial charge >= 0.3 is 0 Å². The Morgan fingerprint density at radius 1 is 1.00 bits per heavy atom. The Hall–Kier alpha value is -0.200. The van der Waals surface area contributed by atoms with Crippen molar-refractivity contribution in [1.29, 1.82) is 0 Å². The SMILES string of the molecule is CCCCCCO[C@@H]1O[C@H](C)[C@H](O)[C@H](O)[C@H]1O. The van der Waals surface area contributed by atoms with Gasteiger partial charge in [-0.2, -0.15) is 0 Å². The molecule has 0 aromatic rings. The molecule has 5 atom stereocenters. The Balaban J connectivity index is 2.28. The van der Waals surface area contributed by atoms with E-state index in [4.69, 9.17) is 9.47 Å². The van der Waals surface area contributed by atoms with E-state index in [9.17, 15) is 15.3 Å². The predicted octanol–water partition coefficient (Wildman–Crippen LogP) is 0.411. The molecule has 3 N–H and O–H groups in total. The van der Waals surface area contributed by atoms with Crippen molar-refractivity contribution >= 4 is 0 Å². The Morgan fingerprint density at radius 3 is 2.35 bits per heavy atom.